The summed E-state index contributed by atoms with van der Waals surface area (Å²) in [6.45, 7) is 0. The molecular formula is C16H7F22INO4S2+. The molecule has 0 saturated carbocycles. The maximum absolute atomic E-state index is 13.6. The number of hydrogen-bond acceptors (Lipinski definition) is 4. The van der Waals surface area contributed by atoms with Gasteiger partial charge in [0.25, 0.3) is 0 Å². The van der Waals surface area contributed by atoms with E-state index >= 15 is 0 Å². The van der Waals surface area contributed by atoms with Gasteiger partial charge in [0, 0.05) is 0 Å². The van der Waals surface area contributed by atoms with Gasteiger partial charge in [0.05, 0.1) is 0 Å². The number of rotatable bonds is 10. The van der Waals surface area contributed by atoms with Gasteiger partial charge in [0.15, 0.2) is 3.57 Å². The maximum atomic E-state index is 13.6. The van der Waals surface area contributed by atoms with Crippen molar-refractivity contribution in [2.24, 2.45) is 0 Å². The molecule has 0 aliphatic rings. The van der Waals surface area contributed by atoms with E-state index in [-0.39, 0.29) is 3.57 Å². The Balaban J connectivity index is 0.00000113. The van der Waals surface area contributed by atoms with Gasteiger partial charge in [-0.2, -0.15) is 92.2 Å². The van der Waals surface area contributed by atoms with Crippen LogP contribution < -0.4 is 25.3 Å². The second kappa shape index (κ2) is 12.9. The fourth-order valence-electron chi connectivity index (χ4n) is 2.00. The van der Waals surface area contributed by atoms with Gasteiger partial charge in [-0.15, -0.1) is 0 Å². The Bertz CT molecular complexity index is 1370. The average molecular weight is 886 g/mol. The second-order valence-electron chi connectivity index (χ2n) is 7.76. The molecule has 272 valence electrons. The van der Waals surface area contributed by atoms with E-state index in [1.54, 1.807) is 0 Å². The largest absolute Gasteiger partial charge is 0.512 e. The Morgan fingerprint density at radius 2 is 0.804 bits per heavy atom. The predicted octanol–water partition coefficient (Wildman–Crippen LogP) is 3.73. The summed E-state index contributed by atoms with van der Waals surface area (Å²) in [6, 6.07) is 2.69. The first-order chi connectivity index (χ1) is 19.7. The lowest BCUT2D eigenvalue weighted by Crippen LogP contribution is -3.63. The molecule has 5 nitrogen and oxygen atoms in total. The second-order valence-corrected chi connectivity index (χ2v) is 14.1. The predicted molar refractivity (Wildman–Crippen MR) is 98.8 cm³/mol. The zero-order chi connectivity index (χ0) is 37.6. The molecule has 0 aliphatic carbocycles. The van der Waals surface area contributed by atoms with Gasteiger partial charge in [-0.3, -0.25) is 0 Å². The number of sulfonamides is 2. The van der Waals surface area contributed by atoms with Crippen molar-refractivity contribution in [3.05, 3.63) is 33.7 Å². The van der Waals surface area contributed by atoms with Gasteiger partial charge in [-0.1, -0.05) is 4.13 Å². The molecule has 0 spiro atoms. The average Bonchev–Trinajstić information content (AvgIpc) is 2.80. The van der Waals surface area contributed by atoms with Crippen molar-refractivity contribution in [3.8, 4) is 0 Å². The molecule has 1 N–H and O–H groups in total. The minimum absolute atomic E-state index is 0.334. The van der Waals surface area contributed by atoms with Crippen LogP contribution in [0.3, 0.4) is 0 Å². The smallest absolute Gasteiger partial charge is 0.207 e. The minimum atomic E-state index is -8.28. The minimum Gasteiger partial charge on any atom is -0.207 e. The van der Waals surface area contributed by atoms with Crippen LogP contribution in [0.1, 0.15) is 0 Å². The molecule has 0 aromatic heterocycles. The lowest BCUT2D eigenvalue weighted by molar-refractivity contribution is -0.651. The molecule has 0 saturated heterocycles. The highest BCUT2D eigenvalue weighted by atomic mass is 127. The van der Waals surface area contributed by atoms with E-state index in [9.17, 15) is 113 Å². The number of benzene rings is 1. The Hall–Kier alpha value is -1.73. The fraction of sp³-hybridized carbons (Fsp3) is 0.625. The van der Waals surface area contributed by atoms with Crippen LogP contribution in [0, 0.1) is 9.39 Å². The highest BCUT2D eigenvalue weighted by Crippen LogP contribution is 2.62. The van der Waals surface area contributed by atoms with E-state index < -0.39 is 108 Å². The summed E-state index contributed by atoms with van der Waals surface area (Å²) in [5.41, 5.74) is -12.3. The molecule has 0 heterocycles. The number of halogens is 23. The molecule has 30 heteroatoms. The van der Waals surface area contributed by atoms with Crippen molar-refractivity contribution in [2.45, 2.75) is 52.7 Å². The number of alkyl halides is 22. The molecule has 0 fully saturated rings. The van der Waals surface area contributed by atoms with E-state index in [1.807, 2.05) is 0 Å². The maximum Gasteiger partial charge on any atom is 0.512 e. The Morgan fingerprint density at radius 3 is 1.11 bits per heavy atom. The summed E-state index contributed by atoms with van der Waals surface area (Å²) in [6.07, 6.45) is -7.62. The van der Waals surface area contributed by atoms with E-state index in [0.717, 1.165) is 12.1 Å². The Morgan fingerprint density at radius 1 is 0.500 bits per heavy atom. The summed E-state index contributed by atoms with van der Waals surface area (Å²) in [5, 5.41) is 0. The van der Waals surface area contributed by atoms with E-state index in [2.05, 4.69) is 0 Å². The summed E-state index contributed by atoms with van der Waals surface area (Å²) in [5.74, 6) is -47.3. The van der Waals surface area contributed by atoms with E-state index in [1.165, 1.54) is 0 Å². The van der Waals surface area contributed by atoms with Gasteiger partial charge in [0.2, 0.25) is 4.43 Å². The molecule has 1 aromatic rings. The first-order valence-corrected chi connectivity index (χ1v) is 15.3. The van der Waals surface area contributed by atoms with Gasteiger partial charge < -0.3 is 0 Å². The lowest BCUT2D eigenvalue weighted by Gasteiger charge is -2.40. The van der Waals surface area contributed by atoms with Crippen molar-refractivity contribution in [3.63, 3.8) is 0 Å². The monoisotopic (exact) mass is 886 g/mol. The van der Waals surface area contributed by atoms with Crippen LogP contribution in [0.2, 0.25) is 0 Å². The van der Waals surface area contributed by atoms with Crippen molar-refractivity contribution < 1.29 is 135 Å². The molecule has 0 unspecified atom stereocenters. The summed E-state index contributed by atoms with van der Waals surface area (Å²) in [4.78, 5) is 0. The van der Waals surface area contributed by atoms with Crippen LogP contribution in [0.25, 0.3) is 0 Å². The summed E-state index contributed by atoms with van der Waals surface area (Å²) >= 11 is -2.49. The van der Waals surface area contributed by atoms with Crippen LogP contribution in [0.15, 0.2) is 24.3 Å². The molecule has 46 heavy (non-hydrogen) atoms. The van der Waals surface area contributed by atoms with Crippen LogP contribution in [-0.4, -0.2) is 74.0 Å². The van der Waals surface area contributed by atoms with Crippen molar-refractivity contribution in [1.82, 2.24) is 4.13 Å². The van der Waals surface area contributed by atoms with Crippen LogP contribution >= 0.6 is 0 Å². The first kappa shape index (κ1) is 44.3. The SMILES string of the molecule is Fc1ccc([I+]CC(F)(F)C(F)(F)C(F)(F)C(F)(F)C(F)(F)C(F)(F)C(F)(F)F)cc1.O=S(=O)(NS(=O)(=O)C(F)(F)F)C(F)(F)F. The number of hydrogen-bond donors (Lipinski definition) is 1. The Kier molecular flexibility index (Phi) is 12.5. The highest BCUT2D eigenvalue weighted by molar-refractivity contribution is 8.05. The molecule has 1 aromatic carbocycles. The third-order valence-corrected chi connectivity index (χ3v) is 10.3. The van der Waals surface area contributed by atoms with Gasteiger partial charge in [-0.05, 0) is 24.3 Å². The third-order valence-electron chi connectivity index (χ3n) is 4.41. The highest BCUT2D eigenvalue weighted by Gasteiger charge is 2.93. The fourth-order valence-corrected chi connectivity index (χ4v) is 6.18. The summed E-state index contributed by atoms with van der Waals surface area (Å²) in [7, 11) is -13.2. The molecule has 0 atom stereocenters. The molecule has 0 aliphatic heterocycles. The number of nitrogens with one attached hydrogen (secondary N) is 1. The summed E-state index contributed by atoms with van der Waals surface area (Å²) < 4.78 is 314. The molecule has 0 amide bonds. The molecule has 1 rings (SSSR count). The zero-order valence-electron chi connectivity index (χ0n) is 20.2. The first-order valence-electron chi connectivity index (χ1n) is 9.77. The normalized spacial score (nSPS) is 15.3. The topological polar surface area (TPSA) is 80.3 Å². The van der Waals surface area contributed by atoms with Crippen LogP contribution in [0.4, 0.5) is 96.6 Å². The molecule has 0 radical (unpaired) electrons. The zero-order valence-corrected chi connectivity index (χ0v) is 23.9. The molecule has 0 bridgehead atoms. The van der Waals surface area contributed by atoms with Gasteiger partial charge in [-0.25, -0.2) is 21.2 Å². The van der Waals surface area contributed by atoms with Gasteiger partial charge >= 0.3 is 94.0 Å². The standard InChI is InChI=1S/C14H6F16I.C2HF6NO4S2/c15-6-1-3-7(4-2-6)31-5-8(16,17)9(18,19)10(20,21)11(22,23)12(24,25)13(26,27)14(28,29)30;3-1(4,5)14(10,11)9-15(12,13)2(6,7)8/h1-4H,5H2;9H/q+1;. The van der Waals surface area contributed by atoms with Crippen molar-refractivity contribution in [1.29, 1.82) is 0 Å². The van der Waals surface area contributed by atoms with Crippen molar-refractivity contribution in [2.75, 3.05) is 4.43 Å². The van der Waals surface area contributed by atoms with E-state index in [4.69, 9.17) is 0 Å². The van der Waals surface area contributed by atoms with Crippen LogP contribution in [-0.2, 0) is 20.0 Å². The molecular weight excluding hydrogens is 879 g/mol. The van der Waals surface area contributed by atoms with Crippen LogP contribution in [0.5, 0.6) is 0 Å². The lowest BCUT2D eigenvalue weighted by atomic mass is 9.91. The quantitative estimate of drug-likeness (QED) is 0.221. The van der Waals surface area contributed by atoms with Crippen molar-refractivity contribution >= 4 is 20.0 Å². The van der Waals surface area contributed by atoms with Gasteiger partial charge in [0.1, 0.15) is 5.82 Å². The third kappa shape index (κ3) is 8.46. The Labute approximate surface area is 249 Å². The van der Waals surface area contributed by atoms with E-state index in [0.29, 0.717) is 12.1 Å².